The van der Waals surface area contributed by atoms with Gasteiger partial charge in [-0.05, 0) is 25.7 Å². The molecule has 1 fully saturated rings. The summed E-state index contributed by atoms with van der Waals surface area (Å²) in [7, 11) is -4.85. The van der Waals surface area contributed by atoms with Gasteiger partial charge in [0.05, 0.1) is 12.6 Å². The van der Waals surface area contributed by atoms with Crippen LogP contribution in [-0.4, -0.2) is 49.2 Å². The quantitative estimate of drug-likeness (QED) is 0.250. The van der Waals surface area contributed by atoms with Crippen LogP contribution in [0.25, 0.3) is 0 Å². The van der Waals surface area contributed by atoms with E-state index in [9.17, 15) is 18.0 Å². The smallest absolute Gasteiger partial charge is 0.350 e. The van der Waals surface area contributed by atoms with Crippen molar-refractivity contribution >= 4 is 22.3 Å². The summed E-state index contributed by atoms with van der Waals surface area (Å²) >= 11 is 0. The Morgan fingerprint density at radius 2 is 1.86 bits per heavy atom. The summed E-state index contributed by atoms with van der Waals surface area (Å²) in [5, 5.41) is 0.411. The third-order valence-corrected chi connectivity index (χ3v) is 3.53. The first-order valence-corrected chi connectivity index (χ1v) is 7.98. The molecule has 1 aliphatic rings. The maximum atomic E-state index is 11.8. The Morgan fingerprint density at radius 3 is 2.32 bits per heavy atom. The number of nitrogens with zero attached hydrogens (tertiary/aromatic N) is 1. The number of primary amides is 1. The highest BCUT2D eigenvalue weighted by Crippen LogP contribution is 2.28. The average Bonchev–Trinajstić information content (AvgIpc) is 2.44. The number of rotatable bonds is 7. The molecule has 0 aliphatic heterocycles. The number of amides is 3. The minimum atomic E-state index is -4.85. The molecule has 0 spiro atoms. The molecule has 0 radical (unpaired) electrons. The third-order valence-electron chi connectivity index (χ3n) is 3.18. The minimum absolute atomic E-state index is 0.193. The van der Waals surface area contributed by atoms with Crippen molar-refractivity contribution in [1.29, 1.82) is 0 Å². The number of hydrogen-bond donors (Lipinski definition) is 4. The Bertz CT molecular complexity index is 490. The van der Waals surface area contributed by atoms with Crippen molar-refractivity contribution in [3.8, 4) is 0 Å². The molecule has 12 heteroatoms. The highest BCUT2D eigenvalue weighted by atomic mass is 32.3. The molecule has 1 saturated carbocycles. The lowest BCUT2D eigenvalue weighted by atomic mass is 9.85. The van der Waals surface area contributed by atoms with E-state index in [2.05, 4.69) is 9.76 Å². The number of nitrogens with one attached hydrogen (secondary N) is 1. The first-order chi connectivity index (χ1) is 10.2. The SMILES string of the molecule is NCCONC(=O)C1CCC(N(OS(=O)(=O)O)C(N)=O)CC1. The number of carbonyl (C=O) groups is 2. The zero-order valence-electron chi connectivity index (χ0n) is 11.8. The van der Waals surface area contributed by atoms with Crippen LogP contribution in [0.5, 0.6) is 0 Å². The second kappa shape index (κ2) is 8.24. The molecule has 0 heterocycles. The Hall–Kier alpha value is -1.47. The van der Waals surface area contributed by atoms with Crippen LogP contribution in [0, 0.1) is 5.92 Å². The van der Waals surface area contributed by atoms with Crippen molar-refractivity contribution in [2.24, 2.45) is 17.4 Å². The molecule has 11 nitrogen and oxygen atoms in total. The maximum Gasteiger partial charge on any atom is 0.418 e. The van der Waals surface area contributed by atoms with Crippen molar-refractivity contribution in [3.63, 3.8) is 0 Å². The summed E-state index contributed by atoms with van der Waals surface area (Å²) in [6.45, 7) is 0.465. The van der Waals surface area contributed by atoms with Gasteiger partial charge in [0, 0.05) is 12.5 Å². The lowest BCUT2D eigenvalue weighted by molar-refractivity contribution is -0.140. The lowest BCUT2D eigenvalue weighted by Gasteiger charge is -2.32. The van der Waals surface area contributed by atoms with E-state index in [0.29, 0.717) is 17.9 Å². The van der Waals surface area contributed by atoms with Gasteiger partial charge in [0.25, 0.3) is 0 Å². The molecule has 1 rings (SSSR count). The molecular formula is C10H20N4O7S. The predicted octanol–water partition coefficient (Wildman–Crippen LogP) is -1.33. The van der Waals surface area contributed by atoms with E-state index in [4.69, 9.17) is 20.9 Å². The van der Waals surface area contributed by atoms with Gasteiger partial charge in [-0.1, -0.05) is 0 Å². The molecule has 128 valence electrons. The Kier molecular flexibility index (Phi) is 6.96. The number of urea groups is 1. The highest BCUT2D eigenvalue weighted by Gasteiger charge is 2.34. The monoisotopic (exact) mass is 340 g/mol. The van der Waals surface area contributed by atoms with Crippen molar-refractivity contribution in [2.45, 2.75) is 31.7 Å². The minimum Gasteiger partial charge on any atom is -0.350 e. The van der Waals surface area contributed by atoms with Gasteiger partial charge in [-0.25, -0.2) is 10.3 Å². The molecular weight excluding hydrogens is 320 g/mol. The fourth-order valence-corrected chi connectivity index (χ4v) is 2.61. The van der Waals surface area contributed by atoms with Crippen LogP contribution in [0.15, 0.2) is 0 Å². The third kappa shape index (κ3) is 6.11. The van der Waals surface area contributed by atoms with Gasteiger partial charge in [-0.3, -0.25) is 14.2 Å². The number of carbonyl (C=O) groups excluding carboxylic acids is 2. The van der Waals surface area contributed by atoms with Crippen molar-refractivity contribution in [2.75, 3.05) is 13.2 Å². The molecule has 0 atom stereocenters. The summed E-state index contributed by atoms with van der Waals surface area (Å²) in [5.41, 5.74) is 12.5. The van der Waals surface area contributed by atoms with Gasteiger partial charge in [0.1, 0.15) is 0 Å². The van der Waals surface area contributed by atoms with Crippen LogP contribution >= 0.6 is 0 Å². The number of nitrogens with two attached hydrogens (primary N) is 2. The van der Waals surface area contributed by atoms with Crippen LogP contribution in [-0.2, 0) is 24.3 Å². The zero-order chi connectivity index (χ0) is 16.8. The van der Waals surface area contributed by atoms with Crippen molar-refractivity contribution in [1.82, 2.24) is 10.5 Å². The number of hydrogen-bond acceptors (Lipinski definition) is 7. The summed E-state index contributed by atoms with van der Waals surface area (Å²) in [6, 6.07) is -1.79. The maximum absolute atomic E-state index is 11.8. The molecule has 0 unspecified atom stereocenters. The standard InChI is InChI=1S/C10H20N4O7S/c11-5-6-20-13-9(15)7-1-3-8(4-2-7)14(10(12)16)21-22(17,18)19/h7-8H,1-6,11H2,(H2,12,16)(H,13,15)(H,17,18,19). The van der Waals surface area contributed by atoms with Crippen LogP contribution in [0.3, 0.4) is 0 Å². The van der Waals surface area contributed by atoms with Crippen molar-refractivity contribution < 1.29 is 31.7 Å². The van der Waals surface area contributed by atoms with E-state index in [1.807, 2.05) is 0 Å². The fraction of sp³-hybridized carbons (Fsp3) is 0.800. The van der Waals surface area contributed by atoms with Crippen LogP contribution < -0.4 is 16.9 Å². The zero-order valence-corrected chi connectivity index (χ0v) is 12.6. The molecule has 6 N–H and O–H groups in total. The molecule has 1 aliphatic carbocycles. The Labute approximate surface area is 127 Å². The average molecular weight is 340 g/mol. The van der Waals surface area contributed by atoms with Crippen LogP contribution in [0.1, 0.15) is 25.7 Å². The van der Waals surface area contributed by atoms with Crippen molar-refractivity contribution in [3.05, 3.63) is 0 Å². The van der Waals surface area contributed by atoms with E-state index < -0.39 is 22.5 Å². The van der Waals surface area contributed by atoms with E-state index >= 15 is 0 Å². The van der Waals surface area contributed by atoms with Gasteiger partial charge in [0.2, 0.25) is 5.91 Å². The first kappa shape index (κ1) is 18.6. The molecule has 0 aromatic rings. The molecule has 0 saturated heterocycles. The van der Waals surface area contributed by atoms with Gasteiger partial charge in [-0.15, -0.1) is 4.28 Å². The topological polar surface area (TPSA) is 174 Å². The van der Waals surface area contributed by atoms with Crippen LogP contribution in [0.4, 0.5) is 4.79 Å². The normalized spacial score (nSPS) is 22.1. The predicted molar refractivity (Wildman–Crippen MR) is 73.0 cm³/mol. The Morgan fingerprint density at radius 1 is 1.27 bits per heavy atom. The van der Waals surface area contributed by atoms with Gasteiger partial charge in [-0.2, -0.15) is 13.5 Å². The summed E-state index contributed by atoms with van der Waals surface area (Å²) < 4.78 is 34.2. The van der Waals surface area contributed by atoms with Gasteiger partial charge >= 0.3 is 16.4 Å². The second-order valence-electron chi connectivity index (χ2n) is 4.78. The lowest BCUT2D eigenvalue weighted by Crippen LogP contribution is -2.47. The van der Waals surface area contributed by atoms with E-state index in [1.165, 1.54) is 0 Å². The molecule has 3 amide bonds. The fourth-order valence-electron chi connectivity index (χ4n) is 2.22. The molecule has 0 aromatic carbocycles. The highest BCUT2D eigenvalue weighted by molar-refractivity contribution is 7.80. The molecule has 0 aromatic heterocycles. The number of hydroxylamine groups is 3. The summed E-state index contributed by atoms with van der Waals surface area (Å²) in [5.74, 6) is -0.650. The largest absolute Gasteiger partial charge is 0.418 e. The summed E-state index contributed by atoms with van der Waals surface area (Å²) in [4.78, 5) is 27.8. The van der Waals surface area contributed by atoms with E-state index in [0.717, 1.165) is 0 Å². The molecule has 0 bridgehead atoms. The second-order valence-corrected chi connectivity index (χ2v) is 5.78. The Balaban J connectivity index is 2.52. The molecule has 22 heavy (non-hydrogen) atoms. The van der Waals surface area contributed by atoms with Gasteiger partial charge < -0.3 is 11.5 Å². The van der Waals surface area contributed by atoms with Gasteiger partial charge in [0.15, 0.2) is 0 Å². The summed E-state index contributed by atoms with van der Waals surface area (Å²) in [6.07, 6.45) is 1.32. The van der Waals surface area contributed by atoms with E-state index in [-0.39, 0.29) is 37.8 Å². The first-order valence-electron chi connectivity index (χ1n) is 6.62. The van der Waals surface area contributed by atoms with E-state index in [1.54, 1.807) is 0 Å². The van der Waals surface area contributed by atoms with Crippen LogP contribution in [0.2, 0.25) is 0 Å².